The third-order valence-corrected chi connectivity index (χ3v) is 5.70. The van der Waals surface area contributed by atoms with Crippen LogP contribution in [0.2, 0.25) is 0 Å². The molecule has 3 amide bonds. The first kappa shape index (κ1) is 33.7. The van der Waals surface area contributed by atoms with Crippen LogP contribution in [-0.2, 0) is 29.5 Å². The summed E-state index contributed by atoms with van der Waals surface area (Å²) in [7, 11) is 0. The van der Waals surface area contributed by atoms with Crippen molar-refractivity contribution in [1.29, 1.82) is 0 Å². The number of terminal acetylenes is 1. The molecule has 1 heterocycles. The van der Waals surface area contributed by atoms with Gasteiger partial charge in [0.25, 0.3) is 5.91 Å². The summed E-state index contributed by atoms with van der Waals surface area (Å²) in [6.07, 6.45) is 3.49. The molecule has 0 aliphatic carbocycles. The maximum absolute atomic E-state index is 13.0. The quantitative estimate of drug-likeness (QED) is 0.150. The van der Waals surface area contributed by atoms with Crippen LogP contribution >= 0.6 is 0 Å². The molecule has 226 valence electrons. The number of hydrogen-bond donors (Lipinski definition) is 3. The second-order valence-corrected chi connectivity index (χ2v) is 8.93. The molecule has 0 spiro atoms. The van der Waals surface area contributed by atoms with Crippen molar-refractivity contribution in [2.24, 2.45) is 10.2 Å². The molecule has 11 nitrogen and oxygen atoms in total. The van der Waals surface area contributed by atoms with Gasteiger partial charge in [-0.15, -0.1) is 22.6 Å². The Balaban J connectivity index is 1.38. The summed E-state index contributed by atoms with van der Waals surface area (Å²) in [5, 5.41) is 14.1. The number of alkyl halides is 3. The molecule has 0 saturated heterocycles. The summed E-state index contributed by atoms with van der Waals surface area (Å²) in [5.41, 5.74) is -2.61. The number of nitrogens with zero attached hydrogens (tertiary/aromatic N) is 2. The lowest BCUT2D eigenvalue weighted by Crippen LogP contribution is -2.37. The van der Waals surface area contributed by atoms with E-state index in [1.807, 2.05) is 0 Å². The smallest absolute Gasteiger partial charge is 0.379 e. The van der Waals surface area contributed by atoms with Crippen LogP contribution in [0.1, 0.15) is 48.0 Å². The van der Waals surface area contributed by atoms with Crippen molar-refractivity contribution in [1.82, 2.24) is 16.0 Å². The highest BCUT2D eigenvalue weighted by Crippen LogP contribution is 2.52. The second kappa shape index (κ2) is 18.0. The Morgan fingerprint density at radius 2 is 1.34 bits per heavy atom. The maximum atomic E-state index is 13.0. The van der Waals surface area contributed by atoms with Gasteiger partial charge in [-0.2, -0.15) is 13.2 Å². The number of benzene rings is 1. The van der Waals surface area contributed by atoms with Crippen LogP contribution in [0.5, 0.6) is 0 Å². The predicted molar refractivity (Wildman–Crippen MR) is 142 cm³/mol. The third-order valence-electron chi connectivity index (χ3n) is 5.70. The number of unbranched alkanes of at least 4 members (excludes halogenated alkanes) is 1. The Kier molecular flexibility index (Phi) is 14.8. The molecule has 1 aromatic carbocycles. The van der Waals surface area contributed by atoms with Gasteiger partial charge < -0.3 is 30.2 Å². The van der Waals surface area contributed by atoms with E-state index in [9.17, 15) is 27.6 Å². The maximum Gasteiger partial charge on any atom is 0.442 e. The number of hydrogen-bond acceptors (Lipinski definition) is 8. The number of amides is 3. The number of halogens is 3. The molecule has 0 aromatic heterocycles. The van der Waals surface area contributed by atoms with E-state index in [2.05, 4.69) is 32.1 Å². The molecule has 0 bridgehead atoms. The molecule has 1 aliphatic heterocycles. The number of carbonyl (C=O) groups is 3. The van der Waals surface area contributed by atoms with E-state index < -0.39 is 23.7 Å². The van der Waals surface area contributed by atoms with Crippen molar-refractivity contribution in [2.75, 3.05) is 59.3 Å². The Hall–Kier alpha value is -3.54. The normalized spacial score (nSPS) is 13.3. The third kappa shape index (κ3) is 12.7. The van der Waals surface area contributed by atoms with Crippen LogP contribution in [0.4, 0.5) is 13.2 Å². The van der Waals surface area contributed by atoms with Crippen molar-refractivity contribution < 1.29 is 41.8 Å². The van der Waals surface area contributed by atoms with Gasteiger partial charge in [-0.3, -0.25) is 14.4 Å². The van der Waals surface area contributed by atoms with Gasteiger partial charge in [0, 0.05) is 50.3 Å². The Labute approximate surface area is 237 Å². The van der Waals surface area contributed by atoms with E-state index in [0.717, 1.165) is 12.1 Å². The number of rotatable bonds is 21. The van der Waals surface area contributed by atoms with Crippen LogP contribution < -0.4 is 16.0 Å². The number of ether oxygens (including phenoxy) is 3. The molecule has 41 heavy (non-hydrogen) atoms. The van der Waals surface area contributed by atoms with Crippen molar-refractivity contribution in [3.63, 3.8) is 0 Å². The van der Waals surface area contributed by atoms with Gasteiger partial charge in [-0.25, -0.2) is 0 Å². The summed E-state index contributed by atoms with van der Waals surface area (Å²) >= 11 is 0. The zero-order valence-corrected chi connectivity index (χ0v) is 22.8. The van der Waals surface area contributed by atoms with Gasteiger partial charge in [0.2, 0.25) is 11.8 Å². The van der Waals surface area contributed by atoms with E-state index in [1.165, 1.54) is 12.1 Å². The van der Waals surface area contributed by atoms with Crippen LogP contribution in [0.25, 0.3) is 0 Å². The minimum absolute atomic E-state index is 0.00658. The van der Waals surface area contributed by atoms with Crippen molar-refractivity contribution >= 4 is 17.7 Å². The summed E-state index contributed by atoms with van der Waals surface area (Å²) in [5.74, 6) is 1.49. The lowest BCUT2D eigenvalue weighted by molar-refractivity contribution is -0.166. The highest BCUT2D eigenvalue weighted by atomic mass is 19.4. The van der Waals surface area contributed by atoms with Crippen LogP contribution in [0.15, 0.2) is 34.5 Å². The topological polar surface area (TPSA) is 140 Å². The van der Waals surface area contributed by atoms with Gasteiger partial charge >= 0.3 is 11.8 Å². The standard InChI is InChI=1S/C27H36F3N5O6/c1-2-3-4-7-23(36)31-12-5-14-39-16-18-41-19-17-40-15-6-13-32-24(37)20-33-25(38)21-8-10-22(11-9-21)26(34-35-26)27(28,29)30/h1,8-11H,3-7,12-20H2,(H,31,36)(H,32,37)(H,33,38). The highest BCUT2D eigenvalue weighted by molar-refractivity contribution is 5.96. The molecule has 0 saturated carbocycles. The van der Waals surface area contributed by atoms with Gasteiger partial charge in [0.15, 0.2) is 0 Å². The fraction of sp³-hybridized carbons (Fsp3) is 0.593. The highest BCUT2D eigenvalue weighted by Gasteiger charge is 2.65. The second-order valence-electron chi connectivity index (χ2n) is 8.93. The molecule has 1 aromatic rings. The Morgan fingerprint density at radius 1 is 0.805 bits per heavy atom. The molecule has 0 fully saturated rings. The summed E-state index contributed by atoms with van der Waals surface area (Å²) in [4.78, 5) is 35.6. The zero-order chi connectivity index (χ0) is 30.0. The Morgan fingerprint density at radius 3 is 1.85 bits per heavy atom. The fourth-order valence-electron chi connectivity index (χ4n) is 3.41. The molecule has 14 heteroatoms. The van der Waals surface area contributed by atoms with E-state index in [0.29, 0.717) is 84.8 Å². The van der Waals surface area contributed by atoms with E-state index in [4.69, 9.17) is 20.6 Å². The monoisotopic (exact) mass is 583 g/mol. The van der Waals surface area contributed by atoms with Crippen molar-refractivity contribution in [3.8, 4) is 12.3 Å². The number of nitrogens with one attached hydrogen (secondary N) is 3. The first-order valence-electron chi connectivity index (χ1n) is 13.3. The van der Waals surface area contributed by atoms with E-state index in [1.54, 1.807) is 0 Å². The van der Waals surface area contributed by atoms with Gasteiger partial charge in [-0.05, 0) is 31.4 Å². The fourth-order valence-corrected chi connectivity index (χ4v) is 3.41. The average Bonchev–Trinajstić information content (AvgIpc) is 3.77. The molecule has 2 rings (SSSR count). The molecule has 1 aliphatic rings. The van der Waals surface area contributed by atoms with Crippen molar-refractivity contribution in [3.05, 3.63) is 35.4 Å². The lowest BCUT2D eigenvalue weighted by Gasteiger charge is -2.15. The molecule has 0 atom stereocenters. The largest absolute Gasteiger partial charge is 0.442 e. The molecule has 3 N–H and O–H groups in total. The molecular formula is C27H36F3N5O6. The van der Waals surface area contributed by atoms with Crippen LogP contribution in [0.3, 0.4) is 0 Å². The van der Waals surface area contributed by atoms with Gasteiger partial charge in [-0.1, -0.05) is 12.1 Å². The first-order valence-corrected chi connectivity index (χ1v) is 13.3. The van der Waals surface area contributed by atoms with Gasteiger partial charge in [0.1, 0.15) is 0 Å². The minimum atomic E-state index is -4.64. The van der Waals surface area contributed by atoms with E-state index >= 15 is 0 Å². The first-order chi connectivity index (χ1) is 19.7. The molecule has 0 radical (unpaired) electrons. The Bertz CT molecular complexity index is 1040. The summed E-state index contributed by atoms with van der Waals surface area (Å²) < 4.78 is 55.4. The van der Waals surface area contributed by atoms with Crippen LogP contribution in [0, 0.1) is 12.3 Å². The lowest BCUT2D eigenvalue weighted by atomic mass is 10.0. The van der Waals surface area contributed by atoms with Gasteiger partial charge in [0.05, 0.1) is 33.0 Å². The number of carbonyl (C=O) groups excluding carboxylic acids is 3. The molecular weight excluding hydrogens is 547 g/mol. The SMILES string of the molecule is C#CCCCC(=O)NCCCOCCOCCOCCCNC(=O)CNC(=O)c1ccc(C2(C(F)(F)F)N=N2)cc1. The average molecular weight is 584 g/mol. The summed E-state index contributed by atoms with van der Waals surface area (Å²) in [6, 6.07) is 4.73. The predicted octanol–water partition coefficient (Wildman–Crippen LogP) is 2.46. The minimum Gasteiger partial charge on any atom is -0.379 e. The zero-order valence-electron chi connectivity index (χ0n) is 22.8. The van der Waals surface area contributed by atoms with Crippen LogP contribution in [-0.4, -0.2) is 83.2 Å². The van der Waals surface area contributed by atoms with Crippen molar-refractivity contribution in [2.45, 2.75) is 43.9 Å². The molecule has 0 unspecified atom stereocenters. The summed E-state index contributed by atoms with van der Waals surface area (Å²) in [6.45, 7) is 3.20. The van der Waals surface area contributed by atoms with E-state index in [-0.39, 0.29) is 23.6 Å².